The standard InChI is InChI=1S/C97H53N9S2/c1-100-66-30-34-68(35-31-66)104-86-15-7-3-11-72(86)76-47-61(25-39-90(76)104)63-27-41-92-78(49-63)74-13-5-9-17-88(74)106(92)70-37-45-96-82(53-70)80-51-65(29-43-94(80)108-96)97-101-83(59-22-18-57(55-98)19-23-59)54-84(102-97)64-28-42-93-79(50-64)81-52-69(36-44-95(81)107-93)105-87-16-8-4-12-73(87)77-48-62(26-40-91(77)105)60-24-38-89-75(46-60)71-10-2-6-14-85(71)103(89)67-32-20-58(56-99)21-33-67/h2-54H. The molecule has 0 N–H and O–H groups in total. The van der Waals surface area contributed by atoms with Gasteiger partial charge in [0.1, 0.15) is 0 Å². The normalized spacial score (nSPS) is 11.9. The van der Waals surface area contributed by atoms with E-state index in [0.29, 0.717) is 22.6 Å². The fourth-order valence-electron chi connectivity index (χ4n) is 16.8. The first-order valence-electron chi connectivity index (χ1n) is 35.8. The van der Waals surface area contributed by atoms with Crippen LogP contribution in [0.5, 0.6) is 0 Å². The van der Waals surface area contributed by atoms with Gasteiger partial charge in [0.05, 0.1) is 85.4 Å². The highest BCUT2D eigenvalue weighted by Gasteiger charge is 2.23. The van der Waals surface area contributed by atoms with Gasteiger partial charge in [0.2, 0.25) is 0 Å². The largest absolute Gasteiger partial charge is 0.309 e. The van der Waals surface area contributed by atoms with Crippen molar-refractivity contribution in [2.45, 2.75) is 0 Å². The molecule has 7 aromatic heterocycles. The molecule has 0 saturated heterocycles. The fraction of sp³-hybridized carbons (Fsp3) is 0. The molecule has 0 atom stereocenters. The zero-order valence-electron chi connectivity index (χ0n) is 57.4. The van der Waals surface area contributed by atoms with E-state index in [1.54, 1.807) is 22.7 Å². The lowest BCUT2D eigenvalue weighted by molar-refractivity contribution is 1.18. The quantitative estimate of drug-likeness (QED) is 0.134. The lowest BCUT2D eigenvalue weighted by Crippen LogP contribution is -1.96. The van der Waals surface area contributed by atoms with Gasteiger partial charge in [0, 0.05) is 123 Å². The zero-order valence-corrected chi connectivity index (χ0v) is 59.1. The highest BCUT2D eigenvalue weighted by molar-refractivity contribution is 7.26. The van der Waals surface area contributed by atoms with E-state index in [0.717, 1.165) is 133 Å². The van der Waals surface area contributed by atoms with E-state index < -0.39 is 0 Å². The maximum atomic E-state index is 9.89. The van der Waals surface area contributed by atoms with Gasteiger partial charge in [-0.25, -0.2) is 14.8 Å². The minimum absolute atomic E-state index is 0.585. The van der Waals surface area contributed by atoms with Crippen molar-refractivity contribution in [1.29, 1.82) is 10.5 Å². The SMILES string of the molecule is [C-]#[N+]c1ccc(-n2c3ccccc3c3cc(-c4ccc5c(c4)c4ccccc4n5-c4ccc5sc6ccc(-c7nc(-c8ccc(C#N)cc8)cc(-c8ccc9sc%10ccc(-n%11c%12ccccc%12c%12cc(-c%13ccc%14c(c%13)c%13ccccc%13n%14-c%13ccc(C#N)cc%13)ccc%12%11)cc%10c9c8)n7)cc6c5c4)ccc32)cc1. The third kappa shape index (κ3) is 9.45. The number of thiophene rings is 2. The van der Waals surface area contributed by atoms with Gasteiger partial charge in [-0.1, -0.05) is 127 Å². The van der Waals surface area contributed by atoms with Gasteiger partial charge < -0.3 is 18.3 Å². The van der Waals surface area contributed by atoms with E-state index in [-0.39, 0.29) is 0 Å². The number of nitrogens with zero attached hydrogens (tertiary/aromatic N) is 9. The Kier molecular flexibility index (Phi) is 13.4. The molecule has 0 radical (unpaired) electrons. The average Bonchev–Trinajstić information content (AvgIpc) is 1.59. The fourth-order valence-corrected chi connectivity index (χ4v) is 18.9. The van der Waals surface area contributed by atoms with Crippen molar-refractivity contribution in [2.24, 2.45) is 0 Å². The van der Waals surface area contributed by atoms with E-state index in [4.69, 9.17) is 16.5 Å². The van der Waals surface area contributed by atoms with Crippen LogP contribution in [0.3, 0.4) is 0 Å². The molecule has 0 aliphatic carbocycles. The highest BCUT2D eigenvalue weighted by atomic mass is 32.1. The van der Waals surface area contributed by atoms with Gasteiger partial charge in [-0.2, -0.15) is 10.5 Å². The molecule has 0 unspecified atom stereocenters. The van der Waals surface area contributed by atoms with Crippen LogP contribution in [-0.2, 0) is 0 Å². The molecule has 498 valence electrons. The topological polar surface area (TPSA) is 97.4 Å². The monoisotopic (exact) mass is 1410 g/mol. The van der Waals surface area contributed by atoms with Gasteiger partial charge in [-0.3, -0.25) is 0 Å². The molecule has 7 heterocycles. The molecule has 15 aromatic carbocycles. The summed E-state index contributed by atoms with van der Waals surface area (Å²) in [5, 5.41) is 33.5. The van der Waals surface area contributed by atoms with E-state index in [1.165, 1.54) is 67.3 Å². The smallest absolute Gasteiger partial charge is 0.187 e. The second kappa shape index (κ2) is 23.8. The average molecular weight is 1410 g/mol. The molecule has 0 fully saturated rings. The lowest BCUT2D eigenvalue weighted by atomic mass is 10.0. The van der Waals surface area contributed by atoms with Gasteiger partial charge in [0.25, 0.3) is 0 Å². The Morgan fingerprint density at radius 3 is 0.963 bits per heavy atom. The van der Waals surface area contributed by atoms with Gasteiger partial charge in [0.15, 0.2) is 11.5 Å². The van der Waals surface area contributed by atoms with Crippen molar-refractivity contribution in [3.05, 3.63) is 344 Å². The molecule has 0 amide bonds. The predicted molar refractivity (Wildman–Crippen MR) is 448 cm³/mol. The number of hydrogen-bond donors (Lipinski definition) is 0. The van der Waals surface area contributed by atoms with Crippen molar-refractivity contribution in [3.8, 4) is 91.0 Å². The summed E-state index contributed by atoms with van der Waals surface area (Å²) in [5.41, 5.74) is 23.9. The molecule has 0 spiro atoms. The number of fused-ring (bicyclic) bond motifs is 18. The summed E-state index contributed by atoms with van der Waals surface area (Å²) in [6.45, 7) is 7.54. The van der Waals surface area contributed by atoms with Crippen molar-refractivity contribution in [1.82, 2.24) is 28.2 Å². The van der Waals surface area contributed by atoms with Crippen molar-refractivity contribution >= 4 is 156 Å². The van der Waals surface area contributed by atoms with Crippen molar-refractivity contribution < 1.29 is 0 Å². The van der Waals surface area contributed by atoms with Gasteiger partial charge in [-0.05, 0) is 216 Å². The van der Waals surface area contributed by atoms with Crippen LogP contribution < -0.4 is 0 Å². The number of nitriles is 2. The molecule has 0 aliphatic heterocycles. The molecule has 108 heavy (non-hydrogen) atoms. The zero-order chi connectivity index (χ0) is 71.4. The first kappa shape index (κ1) is 61.0. The summed E-state index contributed by atoms with van der Waals surface area (Å²) in [7, 11) is 0. The Morgan fingerprint density at radius 1 is 0.259 bits per heavy atom. The van der Waals surface area contributed by atoms with Crippen LogP contribution >= 0.6 is 22.7 Å². The molecule has 0 aliphatic rings. The maximum Gasteiger partial charge on any atom is 0.187 e. The van der Waals surface area contributed by atoms with Gasteiger partial charge in [-0.15, -0.1) is 22.7 Å². The summed E-state index contributed by atoms with van der Waals surface area (Å²) in [4.78, 5) is 14.5. The number of hydrogen-bond acceptors (Lipinski definition) is 6. The van der Waals surface area contributed by atoms with Crippen LogP contribution in [0.25, 0.3) is 211 Å². The first-order valence-corrected chi connectivity index (χ1v) is 37.4. The molecule has 9 nitrogen and oxygen atoms in total. The van der Waals surface area contributed by atoms with Crippen LogP contribution in [-0.4, -0.2) is 28.2 Å². The minimum atomic E-state index is 0.585. The van der Waals surface area contributed by atoms with Crippen molar-refractivity contribution in [3.63, 3.8) is 0 Å². The molecule has 22 aromatic rings. The Bertz CT molecular complexity index is 7340. The summed E-state index contributed by atoms with van der Waals surface area (Å²) in [6.07, 6.45) is 0. The minimum Gasteiger partial charge on any atom is -0.309 e. The van der Waals surface area contributed by atoms with Crippen LogP contribution in [0.15, 0.2) is 322 Å². The number of benzene rings is 15. The summed E-state index contributed by atoms with van der Waals surface area (Å²) in [6, 6.07) is 119. The van der Waals surface area contributed by atoms with E-state index in [2.05, 4.69) is 284 Å². The van der Waals surface area contributed by atoms with Crippen LogP contribution in [0.1, 0.15) is 11.1 Å². The summed E-state index contributed by atoms with van der Waals surface area (Å²) >= 11 is 3.59. The van der Waals surface area contributed by atoms with Crippen LogP contribution in [0.4, 0.5) is 5.69 Å². The molecular weight excluding hydrogens is 1360 g/mol. The predicted octanol–water partition coefficient (Wildman–Crippen LogP) is 26.2. The van der Waals surface area contributed by atoms with E-state index in [1.807, 2.05) is 72.8 Å². The van der Waals surface area contributed by atoms with Crippen LogP contribution in [0.2, 0.25) is 0 Å². The first-order chi connectivity index (χ1) is 53.3. The lowest BCUT2D eigenvalue weighted by Gasteiger charge is -2.11. The highest BCUT2D eigenvalue weighted by Crippen LogP contribution is 2.46. The van der Waals surface area contributed by atoms with Crippen molar-refractivity contribution in [2.75, 3.05) is 0 Å². The number of aromatic nitrogens is 6. The molecule has 11 heteroatoms. The Hall–Kier alpha value is -14.5. The second-order valence-electron chi connectivity index (χ2n) is 27.8. The van der Waals surface area contributed by atoms with E-state index in [9.17, 15) is 10.5 Å². The third-order valence-corrected chi connectivity index (χ3v) is 24.2. The Morgan fingerprint density at radius 2 is 0.556 bits per heavy atom. The molecule has 0 bridgehead atoms. The van der Waals surface area contributed by atoms with Gasteiger partial charge >= 0.3 is 0 Å². The molecule has 22 rings (SSSR count). The number of rotatable bonds is 9. The Balaban J connectivity index is 0.625. The van der Waals surface area contributed by atoms with E-state index >= 15 is 0 Å². The third-order valence-electron chi connectivity index (χ3n) is 21.9. The summed E-state index contributed by atoms with van der Waals surface area (Å²) < 4.78 is 14.2. The maximum absolute atomic E-state index is 9.89. The molecule has 0 saturated carbocycles. The number of para-hydroxylation sites is 4. The second-order valence-corrected chi connectivity index (χ2v) is 29.9. The molecular formula is C97H53N9S2. The summed E-state index contributed by atoms with van der Waals surface area (Å²) in [5.74, 6) is 0.611. The Labute approximate surface area is 625 Å². The van der Waals surface area contributed by atoms with Crippen LogP contribution in [0, 0.1) is 29.2 Å².